The Balaban J connectivity index is 1.39. The summed E-state index contributed by atoms with van der Waals surface area (Å²) < 4.78 is 55.5. The highest BCUT2D eigenvalue weighted by Crippen LogP contribution is 2.36. The quantitative estimate of drug-likeness (QED) is 0.454. The van der Waals surface area contributed by atoms with Gasteiger partial charge in [0.05, 0.1) is 37.1 Å². The molecule has 186 valence electrons. The van der Waals surface area contributed by atoms with Gasteiger partial charge in [0.25, 0.3) is 0 Å². The van der Waals surface area contributed by atoms with Crippen LogP contribution in [0.5, 0.6) is 0 Å². The smallest absolute Gasteiger partial charge is 0.393 e. The number of hydrogen-bond donors (Lipinski definition) is 3. The van der Waals surface area contributed by atoms with Gasteiger partial charge in [-0.05, 0) is 37.1 Å². The Labute approximate surface area is 201 Å². The van der Waals surface area contributed by atoms with E-state index in [0.717, 1.165) is 12.3 Å². The first-order chi connectivity index (χ1) is 16.5. The van der Waals surface area contributed by atoms with Gasteiger partial charge < -0.3 is 20.6 Å². The van der Waals surface area contributed by atoms with Crippen LogP contribution in [0.25, 0.3) is 10.9 Å². The standard InChI is InChI=1S/C22H21ClF4N6O2/c23-12-1-2-17-16(3-12)18(6-19(31-17)22(25,26)27)28-9-21(33-8-13(24)7-29-33)10-32(11-21)20(35)30-14-4-15(34)5-14/h1-3,6-8,14-15,34H,4-5,9-11H2,(H,28,31)(H,30,35). The number of nitrogens with zero attached hydrogens (tertiary/aromatic N) is 4. The molecular formula is C22H21ClF4N6O2. The van der Waals surface area contributed by atoms with Crippen LogP contribution in [0.2, 0.25) is 5.02 Å². The third-order valence-corrected chi connectivity index (χ3v) is 6.64. The molecule has 2 amide bonds. The molecule has 2 fully saturated rings. The van der Waals surface area contributed by atoms with E-state index in [2.05, 4.69) is 20.7 Å². The number of aromatic nitrogens is 3. The molecule has 35 heavy (non-hydrogen) atoms. The third-order valence-electron chi connectivity index (χ3n) is 6.40. The molecule has 1 saturated heterocycles. The molecule has 0 atom stereocenters. The van der Waals surface area contributed by atoms with Crippen molar-refractivity contribution in [2.24, 2.45) is 0 Å². The average Bonchev–Trinajstić information content (AvgIpc) is 3.17. The highest BCUT2D eigenvalue weighted by Gasteiger charge is 2.48. The summed E-state index contributed by atoms with van der Waals surface area (Å²) >= 11 is 6.07. The van der Waals surface area contributed by atoms with Crippen LogP contribution in [0.15, 0.2) is 36.7 Å². The summed E-state index contributed by atoms with van der Waals surface area (Å²) in [5.74, 6) is -0.573. The molecule has 5 rings (SSSR count). The summed E-state index contributed by atoms with van der Waals surface area (Å²) in [6.45, 7) is 0.360. The number of hydrogen-bond acceptors (Lipinski definition) is 5. The highest BCUT2D eigenvalue weighted by molar-refractivity contribution is 6.31. The van der Waals surface area contributed by atoms with Gasteiger partial charge in [-0.25, -0.2) is 14.2 Å². The zero-order chi connectivity index (χ0) is 25.0. The van der Waals surface area contributed by atoms with Gasteiger partial charge >= 0.3 is 12.2 Å². The van der Waals surface area contributed by atoms with Crippen LogP contribution in [0.3, 0.4) is 0 Å². The second-order valence-electron chi connectivity index (χ2n) is 9.02. The van der Waals surface area contributed by atoms with Crippen molar-refractivity contribution < 1.29 is 27.5 Å². The number of urea groups is 1. The molecule has 1 saturated carbocycles. The number of nitrogens with one attached hydrogen (secondary N) is 2. The van der Waals surface area contributed by atoms with E-state index in [4.69, 9.17) is 11.6 Å². The minimum absolute atomic E-state index is 0.0585. The first-order valence-electron chi connectivity index (χ1n) is 10.9. The van der Waals surface area contributed by atoms with Crippen LogP contribution >= 0.6 is 11.6 Å². The predicted molar refractivity (Wildman–Crippen MR) is 120 cm³/mol. The van der Waals surface area contributed by atoms with Crippen LogP contribution in [-0.2, 0) is 11.7 Å². The molecule has 8 nitrogen and oxygen atoms in total. The molecule has 2 aliphatic rings. The van der Waals surface area contributed by atoms with Gasteiger partial charge in [0.15, 0.2) is 5.82 Å². The normalized spacial score (nSPS) is 21.4. The molecule has 0 unspecified atom stereocenters. The van der Waals surface area contributed by atoms with Gasteiger partial charge in [-0.2, -0.15) is 18.3 Å². The SMILES string of the molecule is O=C(NC1CC(O)C1)N1CC(CNc2cc(C(F)(F)F)nc3ccc(Cl)cc23)(n2cc(F)cn2)C1. The van der Waals surface area contributed by atoms with E-state index in [1.807, 2.05) is 0 Å². The molecule has 1 aromatic carbocycles. The number of benzene rings is 1. The molecule has 3 heterocycles. The molecule has 13 heteroatoms. The van der Waals surface area contributed by atoms with Crippen molar-refractivity contribution in [1.29, 1.82) is 0 Å². The molecule has 0 bridgehead atoms. The largest absolute Gasteiger partial charge is 0.433 e. The van der Waals surface area contributed by atoms with E-state index >= 15 is 0 Å². The number of aliphatic hydroxyl groups is 1. The fraction of sp³-hybridized carbons (Fsp3) is 0.409. The van der Waals surface area contributed by atoms with Crippen molar-refractivity contribution >= 4 is 34.2 Å². The van der Waals surface area contributed by atoms with Crippen molar-refractivity contribution in [3.63, 3.8) is 0 Å². The maximum Gasteiger partial charge on any atom is 0.433 e. The molecule has 0 radical (unpaired) electrons. The van der Waals surface area contributed by atoms with Crippen molar-refractivity contribution in [3.05, 3.63) is 53.2 Å². The fourth-order valence-corrected chi connectivity index (χ4v) is 4.60. The first kappa shape index (κ1) is 23.6. The van der Waals surface area contributed by atoms with Crippen LogP contribution < -0.4 is 10.6 Å². The number of pyridine rings is 1. The Morgan fingerprint density at radius 2 is 2.00 bits per heavy atom. The number of amides is 2. The Morgan fingerprint density at radius 1 is 1.26 bits per heavy atom. The Kier molecular flexibility index (Phi) is 5.75. The van der Waals surface area contributed by atoms with Crippen molar-refractivity contribution in [2.45, 2.75) is 36.7 Å². The highest BCUT2D eigenvalue weighted by atomic mass is 35.5. The number of alkyl halides is 3. The topological polar surface area (TPSA) is 95.3 Å². The van der Waals surface area contributed by atoms with Gasteiger partial charge in [-0.1, -0.05) is 11.6 Å². The van der Waals surface area contributed by atoms with Gasteiger partial charge in [0.1, 0.15) is 11.2 Å². The monoisotopic (exact) mass is 512 g/mol. The van der Waals surface area contributed by atoms with Crippen molar-refractivity contribution in [1.82, 2.24) is 25.0 Å². The average molecular weight is 513 g/mol. The number of anilines is 1. The van der Waals surface area contributed by atoms with Crippen LogP contribution in [-0.4, -0.2) is 62.6 Å². The zero-order valence-electron chi connectivity index (χ0n) is 18.2. The minimum Gasteiger partial charge on any atom is -0.393 e. The molecule has 3 N–H and O–H groups in total. The second kappa shape index (κ2) is 8.52. The molecule has 1 aliphatic heterocycles. The summed E-state index contributed by atoms with van der Waals surface area (Å²) in [7, 11) is 0. The number of rotatable bonds is 5. The molecular weight excluding hydrogens is 492 g/mol. The van der Waals surface area contributed by atoms with Crippen LogP contribution in [0, 0.1) is 5.82 Å². The van der Waals surface area contributed by atoms with E-state index in [0.29, 0.717) is 23.3 Å². The summed E-state index contributed by atoms with van der Waals surface area (Å²) in [4.78, 5) is 17.8. The van der Waals surface area contributed by atoms with E-state index in [1.54, 1.807) is 0 Å². The maximum atomic E-state index is 13.8. The van der Waals surface area contributed by atoms with Crippen LogP contribution in [0.1, 0.15) is 18.5 Å². The summed E-state index contributed by atoms with van der Waals surface area (Å²) in [6.07, 6.45) is -1.90. The first-order valence-corrected chi connectivity index (χ1v) is 11.3. The lowest BCUT2D eigenvalue weighted by Gasteiger charge is -2.50. The number of likely N-dealkylation sites (tertiary alicyclic amines) is 1. The summed E-state index contributed by atoms with van der Waals surface area (Å²) in [5.41, 5.74) is -1.69. The fourth-order valence-electron chi connectivity index (χ4n) is 4.43. The molecule has 1 aliphatic carbocycles. The molecule has 0 spiro atoms. The van der Waals surface area contributed by atoms with Crippen molar-refractivity contribution in [3.8, 4) is 0 Å². The van der Waals surface area contributed by atoms with Crippen LogP contribution in [0.4, 0.5) is 28.0 Å². The number of carbonyl (C=O) groups excluding carboxylic acids is 1. The lowest BCUT2D eigenvalue weighted by molar-refractivity contribution is -0.140. The van der Waals surface area contributed by atoms with E-state index in [9.17, 15) is 27.5 Å². The number of aliphatic hydroxyl groups excluding tert-OH is 1. The minimum atomic E-state index is -4.66. The van der Waals surface area contributed by atoms with E-state index < -0.39 is 29.3 Å². The van der Waals surface area contributed by atoms with Gasteiger partial charge in [-0.15, -0.1) is 0 Å². The summed E-state index contributed by atoms with van der Waals surface area (Å²) in [6, 6.07) is 4.84. The number of halogens is 5. The summed E-state index contributed by atoms with van der Waals surface area (Å²) in [5, 5.41) is 20.0. The Morgan fingerprint density at radius 3 is 2.63 bits per heavy atom. The predicted octanol–water partition coefficient (Wildman–Crippen LogP) is 3.60. The van der Waals surface area contributed by atoms with Gasteiger partial charge in [0, 0.05) is 28.7 Å². The lowest BCUT2D eigenvalue weighted by Crippen LogP contribution is -2.69. The number of fused-ring (bicyclic) bond motifs is 1. The van der Waals surface area contributed by atoms with Gasteiger partial charge in [0.2, 0.25) is 0 Å². The second-order valence-corrected chi connectivity index (χ2v) is 9.46. The molecule has 3 aromatic rings. The Bertz CT molecular complexity index is 1270. The van der Waals surface area contributed by atoms with Gasteiger partial charge in [-0.3, -0.25) is 4.68 Å². The van der Waals surface area contributed by atoms with E-state index in [-0.39, 0.29) is 42.9 Å². The Hall–Kier alpha value is -3.12. The third kappa shape index (κ3) is 4.59. The lowest BCUT2D eigenvalue weighted by atomic mass is 9.88. The zero-order valence-corrected chi connectivity index (χ0v) is 18.9. The maximum absolute atomic E-state index is 13.8. The van der Waals surface area contributed by atoms with Crippen molar-refractivity contribution in [2.75, 3.05) is 25.0 Å². The molecule has 2 aromatic heterocycles. The van der Waals surface area contributed by atoms with E-state index in [1.165, 1.54) is 34.0 Å². The number of carbonyl (C=O) groups is 1.